The zero-order valence-electron chi connectivity index (χ0n) is 14.5. The molecule has 6 nitrogen and oxygen atoms in total. The Labute approximate surface area is 157 Å². The molecule has 2 aromatic rings. The molecule has 2 N–H and O–H groups in total. The lowest BCUT2D eigenvalue weighted by Crippen LogP contribution is -2.31. The molecule has 0 saturated carbocycles. The van der Waals surface area contributed by atoms with E-state index in [1.165, 1.54) is 12.7 Å². The van der Waals surface area contributed by atoms with Crippen LogP contribution in [0.3, 0.4) is 0 Å². The molecule has 3 rings (SSSR count). The molecule has 1 aliphatic heterocycles. The van der Waals surface area contributed by atoms with E-state index in [0.29, 0.717) is 10.7 Å². The third-order valence-corrected chi connectivity index (χ3v) is 4.55. The van der Waals surface area contributed by atoms with Crippen LogP contribution in [-0.2, 0) is 4.79 Å². The van der Waals surface area contributed by atoms with Crippen LogP contribution in [0.25, 0.3) is 0 Å². The van der Waals surface area contributed by atoms with Gasteiger partial charge in [0.25, 0.3) is 5.91 Å². The van der Waals surface area contributed by atoms with Crippen molar-refractivity contribution < 1.29 is 14.0 Å². The number of rotatable bonds is 6. The van der Waals surface area contributed by atoms with Crippen molar-refractivity contribution in [3.05, 3.63) is 47.4 Å². The highest BCUT2D eigenvalue weighted by atomic mass is 35.5. The Morgan fingerprint density at radius 1 is 1.15 bits per heavy atom. The van der Waals surface area contributed by atoms with Gasteiger partial charge in [0.1, 0.15) is 0 Å². The van der Waals surface area contributed by atoms with Crippen LogP contribution in [-0.4, -0.2) is 31.4 Å². The summed E-state index contributed by atoms with van der Waals surface area (Å²) in [5.74, 6) is -0.280. The number of amides is 2. The van der Waals surface area contributed by atoms with Gasteiger partial charge in [-0.2, -0.15) is 0 Å². The summed E-state index contributed by atoms with van der Waals surface area (Å²) >= 11 is 6.10. The van der Waals surface area contributed by atoms with Gasteiger partial charge in [-0.3, -0.25) is 9.59 Å². The average molecular weight is 376 g/mol. The molecule has 0 spiro atoms. The van der Waals surface area contributed by atoms with Crippen molar-refractivity contribution in [1.29, 1.82) is 0 Å². The van der Waals surface area contributed by atoms with Gasteiger partial charge in [-0.1, -0.05) is 11.6 Å². The summed E-state index contributed by atoms with van der Waals surface area (Å²) < 4.78 is 5.01. The molecule has 1 aliphatic rings. The second-order valence-corrected chi connectivity index (χ2v) is 6.68. The minimum absolute atomic E-state index is 0.165. The Bertz CT molecular complexity index is 755. The molecular formula is C19H22ClN3O3. The largest absolute Gasteiger partial charge is 0.459 e. The number of hydrogen-bond donors (Lipinski definition) is 2. The maximum Gasteiger partial charge on any atom is 0.286 e. The molecule has 0 bridgehead atoms. The number of piperidine rings is 1. The summed E-state index contributed by atoms with van der Waals surface area (Å²) in [6.45, 7) is 2.18. The zero-order valence-corrected chi connectivity index (χ0v) is 15.2. The van der Waals surface area contributed by atoms with Crippen LogP contribution in [0.15, 0.2) is 41.0 Å². The quantitative estimate of drug-likeness (QED) is 0.807. The molecule has 26 heavy (non-hydrogen) atoms. The maximum absolute atomic E-state index is 12.3. The van der Waals surface area contributed by atoms with E-state index >= 15 is 0 Å². The van der Waals surface area contributed by atoms with E-state index in [1.54, 1.807) is 18.2 Å². The van der Waals surface area contributed by atoms with Crippen LogP contribution >= 0.6 is 11.6 Å². The normalized spacial score (nSPS) is 14.1. The van der Waals surface area contributed by atoms with Crippen LogP contribution in [0.5, 0.6) is 0 Å². The summed E-state index contributed by atoms with van der Waals surface area (Å²) in [5.41, 5.74) is 1.70. The van der Waals surface area contributed by atoms with E-state index < -0.39 is 0 Å². The lowest BCUT2D eigenvalue weighted by atomic mass is 10.1. The van der Waals surface area contributed by atoms with Crippen molar-refractivity contribution in [2.75, 3.05) is 29.9 Å². The Morgan fingerprint density at radius 2 is 1.96 bits per heavy atom. The Morgan fingerprint density at radius 3 is 2.69 bits per heavy atom. The van der Waals surface area contributed by atoms with Crippen molar-refractivity contribution >= 4 is 34.8 Å². The monoisotopic (exact) mass is 375 g/mol. The zero-order chi connectivity index (χ0) is 18.4. The van der Waals surface area contributed by atoms with E-state index in [1.807, 2.05) is 12.1 Å². The molecule has 138 valence electrons. The van der Waals surface area contributed by atoms with Gasteiger partial charge in [0.05, 0.1) is 17.6 Å². The number of benzene rings is 1. The number of halogens is 1. The molecular weight excluding hydrogens is 354 g/mol. The summed E-state index contributed by atoms with van der Waals surface area (Å²) in [6.07, 6.45) is 5.13. The molecule has 7 heteroatoms. The fraction of sp³-hybridized carbons (Fsp3) is 0.368. The maximum atomic E-state index is 12.3. The van der Waals surface area contributed by atoms with Crippen molar-refractivity contribution in [2.24, 2.45) is 0 Å². The third-order valence-electron chi connectivity index (χ3n) is 4.31. The van der Waals surface area contributed by atoms with Crippen molar-refractivity contribution in [3.63, 3.8) is 0 Å². The third kappa shape index (κ3) is 4.79. The molecule has 0 unspecified atom stereocenters. The lowest BCUT2D eigenvalue weighted by Gasteiger charge is -2.30. The van der Waals surface area contributed by atoms with Crippen molar-refractivity contribution in [1.82, 2.24) is 5.32 Å². The first-order valence-electron chi connectivity index (χ1n) is 8.79. The Kier molecular flexibility index (Phi) is 6.17. The van der Waals surface area contributed by atoms with Gasteiger partial charge in [-0.15, -0.1) is 0 Å². The molecule has 0 atom stereocenters. The van der Waals surface area contributed by atoms with Crippen LogP contribution < -0.4 is 15.5 Å². The highest BCUT2D eigenvalue weighted by Crippen LogP contribution is 2.31. The average Bonchev–Trinajstić information content (AvgIpc) is 3.17. The molecule has 2 heterocycles. The van der Waals surface area contributed by atoms with Gasteiger partial charge in [0.15, 0.2) is 5.76 Å². The van der Waals surface area contributed by atoms with Gasteiger partial charge >= 0.3 is 0 Å². The molecule has 2 amide bonds. The van der Waals surface area contributed by atoms with Crippen LogP contribution in [0.1, 0.15) is 36.2 Å². The van der Waals surface area contributed by atoms with Crippen LogP contribution in [0.2, 0.25) is 5.02 Å². The fourth-order valence-electron chi connectivity index (χ4n) is 3.02. The number of anilines is 2. The number of hydrogen-bond acceptors (Lipinski definition) is 4. The molecule has 0 aliphatic carbocycles. The summed E-state index contributed by atoms with van der Waals surface area (Å²) in [7, 11) is 0. The first-order valence-corrected chi connectivity index (χ1v) is 9.17. The second kappa shape index (κ2) is 8.76. The summed E-state index contributed by atoms with van der Waals surface area (Å²) in [5, 5.41) is 6.15. The molecule has 1 aromatic carbocycles. The van der Waals surface area contributed by atoms with Crippen molar-refractivity contribution in [3.8, 4) is 0 Å². The molecule has 1 fully saturated rings. The van der Waals surface area contributed by atoms with Gasteiger partial charge < -0.3 is 20.0 Å². The topological polar surface area (TPSA) is 74.6 Å². The molecule has 1 aromatic heterocycles. The Balaban J connectivity index is 1.56. The number of carbonyl (C=O) groups excluding carboxylic acids is 2. The fourth-order valence-corrected chi connectivity index (χ4v) is 3.19. The number of nitrogens with zero attached hydrogens (tertiary/aromatic N) is 1. The molecule has 0 radical (unpaired) electrons. The van der Waals surface area contributed by atoms with Crippen LogP contribution in [0.4, 0.5) is 11.4 Å². The Hall–Kier alpha value is -2.47. The summed E-state index contributed by atoms with van der Waals surface area (Å²) in [4.78, 5) is 26.3. The molecule has 1 saturated heterocycles. The summed E-state index contributed by atoms with van der Waals surface area (Å²) in [6, 6.07) is 8.77. The highest BCUT2D eigenvalue weighted by molar-refractivity contribution is 6.31. The first-order chi connectivity index (χ1) is 12.6. The number of furan rings is 1. The van der Waals surface area contributed by atoms with E-state index in [4.69, 9.17) is 16.0 Å². The predicted molar refractivity (Wildman–Crippen MR) is 102 cm³/mol. The van der Waals surface area contributed by atoms with Crippen molar-refractivity contribution in [2.45, 2.75) is 25.7 Å². The van der Waals surface area contributed by atoms with E-state index in [9.17, 15) is 9.59 Å². The highest BCUT2D eigenvalue weighted by Gasteiger charge is 2.16. The van der Waals surface area contributed by atoms with Gasteiger partial charge in [-0.05, 0) is 49.6 Å². The van der Waals surface area contributed by atoms with Gasteiger partial charge in [0.2, 0.25) is 5.91 Å². The van der Waals surface area contributed by atoms with Gasteiger partial charge in [-0.25, -0.2) is 0 Å². The number of carbonyl (C=O) groups is 2. The number of nitrogens with one attached hydrogen (secondary N) is 2. The predicted octanol–water partition coefficient (Wildman–Crippen LogP) is 3.68. The second-order valence-electron chi connectivity index (χ2n) is 6.24. The minimum atomic E-state index is -0.334. The SMILES string of the molecule is O=C(CCNC(=O)c1ccco1)Nc1cc(Cl)ccc1N1CCCCC1. The van der Waals surface area contributed by atoms with E-state index in [2.05, 4.69) is 15.5 Å². The van der Waals surface area contributed by atoms with E-state index in [0.717, 1.165) is 31.6 Å². The standard InChI is InChI=1S/C19H22ClN3O3/c20-14-6-7-16(23-10-2-1-3-11-23)15(13-14)22-18(24)8-9-21-19(25)17-5-4-12-26-17/h4-7,12-13H,1-3,8-11H2,(H,21,25)(H,22,24). The minimum Gasteiger partial charge on any atom is -0.459 e. The van der Waals surface area contributed by atoms with Crippen LogP contribution in [0, 0.1) is 0 Å². The smallest absolute Gasteiger partial charge is 0.286 e. The lowest BCUT2D eigenvalue weighted by molar-refractivity contribution is -0.116. The van der Waals surface area contributed by atoms with E-state index in [-0.39, 0.29) is 30.5 Å². The van der Waals surface area contributed by atoms with Gasteiger partial charge in [0, 0.05) is 31.1 Å². The first kappa shape index (κ1) is 18.3.